The number of nitrogens with zero attached hydrogens (tertiary/aromatic N) is 1. The van der Waals surface area contributed by atoms with Gasteiger partial charge in [0.25, 0.3) is 0 Å². The molecule has 2 aliphatic heterocycles. The van der Waals surface area contributed by atoms with E-state index in [1.807, 2.05) is 13.1 Å². The van der Waals surface area contributed by atoms with Crippen molar-refractivity contribution in [3.8, 4) is 5.75 Å². The third-order valence-corrected chi connectivity index (χ3v) is 6.00. The summed E-state index contributed by atoms with van der Waals surface area (Å²) in [5.41, 5.74) is 4.68. The zero-order chi connectivity index (χ0) is 19.5. The molecule has 4 rings (SSSR count). The predicted molar refractivity (Wildman–Crippen MR) is 112 cm³/mol. The average Bonchev–Trinajstić information content (AvgIpc) is 2.75. The fourth-order valence-corrected chi connectivity index (χ4v) is 4.41. The Morgan fingerprint density at radius 3 is 2.82 bits per heavy atom. The SMILES string of the molecule is COc1cc2c(cc1CNC1CCCNC1c1ccccc1)CCC(=O)N2C. The second-order valence-corrected chi connectivity index (χ2v) is 7.72. The number of amides is 1. The van der Waals surface area contributed by atoms with Crippen LogP contribution in [0.1, 0.15) is 42.0 Å². The van der Waals surface area contributed by atoms with E-state index in [-0.39, 0.29) is 5.91 Å². The van der Waals surface area contributed by atoms with Gasteiger partial charge < -0.3 is 20.3 Å². The lowest BCUT2D eigenvalue weighted by atomic mass is 9.92. The minimum absolute atomic E-state index is 0.166. The van der Waals surface area contributed by atoms with E-state index in [0.29, 0.717) is 18.5 Å². The lowest BCUT2D eigenvalue weighted by Gasteiger charge is -2.34. The van der Waals surface area contributed by atoms with Gasteiger partial charge in [0.2, 0.25) is 5.91 Å². The highest BCUT2D eigenvalue weighted by molar-refractivity contribution is 5.96. The van der Waals surface area contributed by atoms with Crippen LogP contribution in [-0.4, -0.2) is 32.7 Å². The van der Waals surface area contributed by atoms with Crippen molar-refractivity contribution in [2.75, 3.05) is 25.6 Å². The van der Waals surface area contributed by atoms with Crippen LogP contribution in [0, 0.1) is 0 Å². The van der Waals surface area contributed by atoms with Gasteiger partial charge >= 0.3 is 0 Å². The van der Waals surface area contributed by atoms with Gasteiger partial charge in [-0.25, -0.2) is 0 Å². The first-order chi connectivity index (χ1) is 13.7. The van der Waals surface area contributed by atoms with Crippen LogP contribution < -0.4 is 20.3 Å². The molecule has 28 heavy (non-hydrogen) atoms. The predicted octanol–water partition coefficient (Wildman–Crippen LogP) is 3.19. The van der Waals surface area contributed by atoms with Crippen molar-refractivity contribution >= 4 is 11.6 Å². The Bertz CT molecular complexity index is 837. The molecule has 2 unspecified atom stereocenters. The molecular formula is C23H29N3O2. The Morgan fingerprint density at radius 2 is 2.04 bits per heavy atom. The molecule has 2 aromatic rings. The standard InChI is InChI=1S/C23H29N3O2/c1-26-20-14-21(28-2)18(13-17(20)10-11-22(26)27)15-25-19-9-6-12-24-23(19)16-7-4-3-5-8-16/h3-5,7-8,13-14,19,23-25H,6,9-12,15H2,1-2H3. The van der Waals surface area contributed by atoms with Gasteiger partial charge in [0.15, 0.2) is 0 Å². The van der Waals surface area contributed by atoms with Gasteiger partial charge in [0.05, 0.1) is 12.8 Å². The maximum absolute atomic E-state index is 12.0. The summed E-state index contributed by atoms with van der Waals surface area (Å²) < 4.78 is 5.65. The van der Waals surface area contributed by atoms with Crippen molar-refractivity contribution in [1.29, 1.82) is 0 Å². The van der Waals surface area contributed by atoms with Gasteiger partial charge in [-0.2, -0.15) is 0 Å². The highest BCUT2D eigenvalue weighted by Crippen LogP contribution is 2.34. The number of anilines is 1. The fraction of sp³-hybridized carbons (Fsp3) is 0.435. The lowest BCUT2D eigenvalue weighted by Crippen LogP contribution is -2.45. The molecule has 1 fully saturated rings. The minimum Gasteiger partial charge on any atom is -0.496 e. The summed E-state index contributed by atoms with van der Waals surface area (Å²) in [7, 11) is 3.54. The first kappa shape index (κ1) is 19.0. The van der Waals surface area contributed by atoms with Gasteiger partial charge in [-0.05, 0) is 43.0 Å². The largest absolute Gasteiger partial charge is 0.496 e. The first-order valence-electron chi connectivity index (χ1n) is 10.2. The number of hydrogen-bond acceptors (Lipinski definition) is 4. The lowest BCUT2D eigenvalue weighted by molar-refractivity contribution is -0.118. The Hall–Kier alpha value is -2.37. The van der Waals surface area contributed by atoms with Crippen molar-refractivity contribution in [3.05, 3.63) is 59.2 Å². The number of aryl methyl sites for hydroxylation is 1. The number of rotatable bonds is 5. The zero-order valence-corrected chi connectivity index (χ0v) is 16.7. The van der Waals surface area contributed by atoms with E-state index < -0.39 is 0 Å². The molecule has 0 radical (unpaired) electrons. The van der Waals surface area contributed by atoms with Crippen LogP contribution in [0.15, 0.2) is 42.5 Å². The molecular weight excluding hydrogens is 350 g/mol. The van der Waals surface area contributed by atoms with Crippen molar-refractivity contribution in [2.45, 2.75) is 44.3 Å². The van der Waals surface area contributed by atoms with E-state index in [1.54, 1.807) is 12.0 Å². The number of ether oxygens (including phenoxy) is 1. The van der Waals surface area contributed by atoms with Crippen LogP contribution in [0.4, 0.5) is 5.69 Å². The number of hydrogen-bond donors (Lipinski definition) is 2. The Labute approximate surface area is 167 Å². The number of piperidine rings is 1. The number of nitrogens with one attached hydrogen (secondary N) is 2. The number of carbonyl (C=O) groups excluding carboxylic acids is 1. The van der Waals surface area contributed by atoms with E-state index in [4.69, 9.17) is 4.74 Å². The van der Waals surface area contributed by atoms with E-state index in [9.17, 15) is 4.79 Å². The Kier molecular flexibility index (Phi) is 5.64. The molecule has 2 aromatic carbocycles. The molecule has 0 aromatic heterocycles. The van der Waals surface area contributed by atoms with E-state index >= 15 is 0 Å². The maximum atomic E-state index is 12.0. The second-order valence-electron chi connectivity index (χ2n) is 7.72. The average molecular weight is 380 g/mol. The van der Waals surface area contributed by atoms with Crippen LogP contribution in [-0.2, 0) is 17.8 Å². The number of carbonyl (C=O) groups is 1. The van der Waals surface area contributed by atoms with Crippen molar-refractivity contribution in [2.24, 2.45) is 0 Å². The third-order valence-electron chi connectivity index (χ3n) is 6.00. The maximum Gasteiger partial charge on any atom is 0.227 e. The van der Waals surface area contributed by atoms with Crippen LogP contribution in [0.3, 0.4) is 0 Å². The number of methoxy groups -OCH3 is 1. The molecule has 2 N–H and O–H groups in total. The van der Waals surface area contributed by atoms with Gasteiger partial charge in [0, 0.05) is 43.7 Å². The number of fused-ring (bicyclic) bond motifs is 1. The van der Waals surface area contributed by atoms with E-state index in [0.717, 1.165) is 42.9 Å². The highest BCUT2D eigenvalue weighted by Gasteiger charge is 2.27. The molecule has 0 bridgehead atoms. The fourth-order valence-electron chi connectivity index (χ4n) is 4.41. The quantitative estimate of drug-likeness (QED) is 0.838. The molecule has 0 spiro atoms. The monoisotopic (exact) mass is 379 g/mol. The van der Waals surface area contributed by atoms with Crippen molar-refractivity contribution in [3.63, 3.8) is 0 Å². The van der Waals surface area contributed by atoms with Crippen LogP contribution in [0.2, 0.25) is 0 Å². The molecule has 2 heterocycles. The third kappa shape index (κ3) is 3.77. The summed E-state index contributed by atoms with van der Waals surface area (Å²) in [5, 5.41) is 7.44. The molecule has 2 atom stereocenters. The normalized spacial score (nSPS) is 22.1. The summed E-state index contributed by atoms with van der Waals surface area (Å²) in [6, 6.07) is 15.6. The molecule has 2 aliphatic rings. The zero-order valence-electron chi connectivity index (χ0n) is 16.7. The molecule has 5 heteroatoms. The van der Waals surface area contributed by atoms with Crippen LogP contribution in [0.5, 0.6) is 5.75 Å². The summed E-state index contributed by atoms with van der Waals surface area (Å²) in [6.45, 7) is 1.81. The topological polar surface area (TPSA) is 53.6 Å². The highest BCUT2D eigenvalue weighted by atomic mass is 16.5. The molecule has 0 saturated carbocycles. The van der Waals surface area contributed by atoms with Crippen molar-refractivity contribution < 1.29 is 9.53 Å². The molecule has 1 saturated heterocycles. The van der Waals surface area contributed by atoms with Crippen molar-refractivity contribution in [1.82, 2.24) is 10.6 Å². The van der Waals surface area contributed by atoms with Crippen LogP contribution >= 0.6 is 0 Å². The Morgan fingerprint density at radius 1 is 1.21 bits per heavy atom. The van der Waals surface area contributed by atoms with Gasteiger partial charge in [-0.3, -0.25) is 4.79 Å². The molecule has 1 amide bonds. The summed E-state index contributed by atoms with van der Waals surface area (Å²) in [6.07, 6.45) is 3.70. The molecule has 5 nitrogen and oxygen atoms in total. The molecule has 148 valence electrons. The smallest absolute Gasteiger partial charge is 0.227 e. The minimum atomic E-state index is 0.166. The molecule has 0 aliphatic carbocycles. The first-order valence-corrected chi connectivity index (χ1v) is 10.2. The van der Waals surface area contributed by atoms with Crippen LogP contribution in [0.25, 0.3) is 0 Å². The number of benzene rings is 2. The van der Waals surface area contributed by atoms with E-state index in [1.165, 1.54) is 17.5 Å². The summed E-state index contributed by atoms with van der Waals surface area (Å²) in [4.78, 5) is 13.8. The second kappa shape index (κ2) is 8.33. The van der Waals surface area contributed by atoms with Gasteiger partial charge in [0.1, 0.15) is 5.75 Å². The summed E-state index contributed by atoms with van der Waals surface area (Å²) >= 11 is 0. The summed E-state index contributed by atoms with van der Waals surface area (Å²) in [5.74, 6) is 1.01. The van der Waals surface area contributed by atoms with E-state index in [2.05, 4.69) is 47.0 Å². The van der Waals surface area contributed by atoms with Gasteiger partial charge in [-0.1, -0.05) is 30.3 Å². The van der Waals surface area contributed by atoms with Gasteiger partial charge in [-0.15, -0.1) is 0 Å². The Balaban J connectivity index is 1.53.